The van der Waals surface area contributed by atoms with E-state index in [1.165, 1.54) is 44.9 Å². The lowest BCUT2D eigenvalue weighted by atomic mass is 9.81. The molecule has 3 fully saturated rings. The molecular weight excluding hydrogens is 210 g/mol. The summed E-state index contributed by atoms with van der Waals surface area (Å²) in [5.74, 6) is 4.44. The van der Waals surface area contributed by atoms with Crippen LogP contribution in [-0.4, -0.2) is 19.0 Å². The van der Waals surface area contributed by atoms with Crippen molar-refractivity contribution in [1.29, 1.82) is 0 Å². The van der Waals surface area contributed by atoms with Crippen molar-refractivity contribution in [2.45, 2.75) is 44.9 Å². The van der Waals surface area contributed by atoms with Gasteiger partial charge in [-0.05, 0) is 42.9 Å². The Morgan fingerprint density at radius 3 is 2.53 bits per heavy atom. The van der Waals surface area contributed by atoms with Gasteiger partial charge in [0.05, 0.1) is 0 Å². The van der Waals surface area contributed by atoms with E-state index in [0.717, 1.165) is 36.8 Å². The van der Waals surface area contributed by atoms with Gasteiger partial charge in [0.2, 0.25) is 0 Å². The normalized spacial score (nSPS) is 34.0. The number of aliphatic imine (C=N–C) groups is 1. The van der Waals surface area contributed by atoms with Gasteiger partial charge in [-0.2, -0.15) is 0 Å². The highest BCUT2D eigenvalue weighted by Crippen LogP contribution is 2.51. The number of nitrogens with zero attached hydrogens (tertiary/aromatic N) is 1. The van der Waals surface area contributed by atoms with Crippen LogP contribution >= 0.6 is 0 Å². The zero-order valence-electron chi connectivity index (χ0n) is 10.7. The Balaban J connectivity index is 1.31. The molecule has 96 valence electrons. The average molecular weight is 235 g/mol. The Bertz CT molecular complexity index is 292. The molecule has 0 amide bonds. The van der Waals surface area contributed by atoms with E-state index in [1.807, 2.05) is 0 Å². The number of guanidine groups is 1. The molecule has 0 radical (unpaired) electrons. The highest BCUT2D eigenvalue weighted by molar-refractivity contribution is 5.77. The summed E-state index contributed by atoms with van der Waals surface area (Å²) in [6.07, 6.45) is 9.93. The Kier molecular flexibility index (Phi) is 3.26. The molecule has 3 N–H and O–H groups in total. The average Bonchev–Trinajstić information content (AvgIpc) is 2.89. The second-order valence-corrected chi connectivity index (χ2v) is 6.25. The van der Waals surface area contributed by atoms with E-state index in [2.05, 4.69) is 10.3 Å². The molecule has 0 unspecified atom stereocenters. The maximum atomic E-state index is 5.88. The molecule has 0 aromatic heterocycles. The van der Waals surface area contributed by atoms with Gasteiger partial charge < -0.3 is 11.1 Å². The molecule has 0 spiro atoms. The van der Waals surface area contributed by atoms with Gasteiger partial charge in [-0.1, -0.05) is 25.7 Å². The summed E-state index contributed by atoms with van der Waals surface area (Å²) >= 11 is 0. The summed E-state index contributed by atoms with van der Waals surface area (Å²) in [4.78, 5) is 4.43. The number of hydrogen-bond donors (Lipinski definition) is 2. The minimum atomic E-state index is 0.677. The predicted molar refractivity (Wildman–Crippen MR) is 70.8 cm³/mol. The molecule has 0 heterocycles. The lowest BCUT2D eigenvalue weighted by molar-refractivity contribution is 0.265. The first-order valence-corrected chi connectivity index (χ1v) is 7.36. The third-order valence-corrected chi connectivity index (χ3v) is 5.02. The van der Waals surface area contributed by atoms with Gasteiger partial charge in [-0.15, -0.1) is 0 Å². The van der Waals surface area contributed by atoms with Crippen LogP contribution in [0, 0.1) is 23.7 Å². The highest BCUT2D eigenvalue weighted by atomic mass is 15.1. The van der Waals surface area contributed by atoms with Crippen molar-refractivity contribution >= 4 is 5.96 Å². The number of nitrogens with one attached hydrogen (secondary N) is 1. The summed E-state index contributed by atoms with van der Waals surface area (Å²) < 4.78 is 0. The van der Waals surface area contributed by atoms with Crippen LogP contribution in [0.2, 0.25) is 0 Å². The second-order valence-electron chi connectivity index (χ2n) is 6.25. The van der Waals surface area contributed by atoms with Crippen molar-refractivity contribution in [1.82, 2.24) is 5.32 Å². The number of rotatable bonds is 5. The van der Waals surface area contributed by atoms with E-state index in [0.29, 0.717) is 5.96 Å². The van der Waals surface area contributed by atoms with E-state index >= 15 is 0 Å². The fraction of sp³-hybridized carbons (Fsp3) is 0.929. The van der Waals surface area contributed by atoms with Gasteiger partial charge in [0.1, 0.15) is 0 Å². The Morgan fingerprint density at radius 2 is 1.94 bits per heavy atom. The summed E-state index contributed by atoms with van der Waals surface area (Å²) in [7, 11) is 0. The van der Waals surface area contributed by atoms with Crippen molar-refractivity contribution in [2.75, 3.05) is 13.1 Å². The molecular formula is C14H25N3. The molecule has 0 bridgehead atoms. The van der Waals surface area contributed by atoms with Crippen LogP contribution in [0.15, 0.2) is 4.99 Å². The minimum Gasteiger partial charge on any atom is -0.370 e. The lowest BCUT2D eigenvalue weighted by Crippen LogP contribution is -2.34. The number of hydrogen-bond acceptors (Lipinski definition) is 1. The van der Waals surface area contributed by atoms with Crippen molar-refractivity contribution in [3.8, 4) is 0 Å². The van der Waals surface area contributed by atoms with Crippen molar-refractivity contribution < 1.29 is 0 Å². The van der Waals surface area contributed by atoms with Gasteiger partial charge in [-0.25, -0.2) is 0 Å². The zero-order valence-corrected chi connectivity index (χ0v) is 10.7. The van der Waals surface area contributed by atoms with Crippen LogP contribution in [0.4, 0.5) is 0 Å². The van der Waals surface area contributed by atoms with Gasteiger partial charge in [0, 0.05) is 13.1 Å². The standard InChI is InChI=1S/C14H25N3/c15-14(16-8-10-3-1-4-10)17-9-12-7-13(12)11-5-2-6-11/h10-13H,1-9H2,(H3,15,16,17)/t12-,13-/m0/s1. The molecule has 17 heavy (non-hydrogen) atoms. The molecule has 0 aliphatic heterocycles. The monoisotopic (exact) mass is 235 g/mol. The summed E-state index contributed by atoms with van der Waals surface area (Å²) in [5, 5.41) is 3.31. The molecule has 3 saturated carbocycles. The maximum absolute atomic E-state index is 5.88. The van der Waals surface area contributed by atoms with E-state index in [1.54, 1.807) is 0 Å². The first kappa shape index (κ1) is 11.4. The highest BCUT2D eigenvalue weighted by Gasteiger charge is 2.44. The fourth-order valence-electron chi connectivity index (χ4n) is 3.15. The van der Waals surface area contributed by atoms with Gasteiger partial charge in [0.15, 0.2) is 5.96 Å². The van der Waals surface area contributed by atoms with Crippen LogP contribution in [-0.2, 0) is 0 Å². The minimum absolute atomic E-state index is 0.677. The van der Waals surface area contributed by atoms with Crippen LogP contribution in [0.5, 0.6) is 0 Å². The Labute approximate surface area is 104 Å². The lowest BCUT2D eigenvalue weighted by Gasteiger charge is -2.25. The Morgan fingerprint density at radius 1 is 1.18 bits per heavy atom. The quantitative estimate of drug-likeness (QED) is 0.566. The topological polar surface area (TPSA) is 50.4 Å². The molecule has 3 aliphatic rings. The van der Waals surface area contributed by atoms with Crippen LogP contribution in [0.1, 0.15) is 44.9 Å². The van der Waals surface area contributed by atoms with E-state index in [9.17, 15) is 0 Å². The van der Waals surface area contributed by atoms with Crippen LogP contribution in [0.25, 0.3) is 0 Å². The van der Waals surface area contributed by atoms with Crippen LogP contribution in [0.3, 0.4) is 0 Å². The van der Waals surface area contributed by atoms with Crippen LogP contribution < -0.4 is 11.1 Å². The Hall–Kier alpha value is -0.730. The third-order valence-electron chi connectivity index (χ3n) is 5.02. The molecule has 0 saturated heterocycles. The fourth-order valence-corrected chi connectivity index (χ4v) is 3.15. The smallest absolute Gasteiger partial charge is 0.188 e. The first-order valence-electron chi connectivity index (χ1n) is 7.36. The summed E-state index contributed by atoms with van der Waals surface area (Å²) in [5.41, 5.74) is 5.88. The zero-order chi connectivity index (χ0) is 11.7. The molecule has 0 aromatic carbocycles. The SMILES string of the molecule is NC(=NCC1CCC1)NC[C@@H]1C[C@H]1C1CCC1. The van der Waals surface area contributed by atoms with Crippen molar-refractivity contribution in [2.24, 2.45) is 34.4 Å². The second kappa shape index (κ2) is 4.87. The van der Waals surface area contributed by atoms with Gasteiger partial charge in [0.25, 0.3) is 0 Å². The molecule has 3 nitrogen and oxygen atoms in total. The van der Waals surface area contributed by atoms with E-state index < -0.39 is 0 Å². The largest absolute Gasteiger partial charge is 0.370 e. The molecule has 2 atom stereocenters. The third kappa shape index (κ3) is 2.75. The van der Waals surface area contributed by atoms with Gasteiger partial charge >= 0.3 is 0 Å². The predicted octanol–water partition coefficient (Wildman–Crippen LogP) is 2.13. The van der Waals surface area contributed by atoms with Gasteiger partial charge in [-0.3, -0.25) is 4.99 Å². The molecule has 0 aromatic rings. The van der Waals surface area contributed by atoms with Crippen molar-refractivity contribution in [3.05, 3.63) is 0 Å². The maximum Gasteiger partial charge on any atom is 0.188 e. The van der Waals surface area contributed by atoms with Crippen molar-refractivity contribution in [3.63, 3.8) is 0 Å². The molecule has 3 heteroatoms. The molecule has 3 aliphatic carbocycles. The number of nitrogens with two attached hydrogens (primary N) is 1. The summed E-state index contributed by atoms with van der Waals surface area (Å²) in [6.45, 7) is 2.00. The summed E-state index contributed by atoms with van der Waals surface area (Å²) in [6, 6.07) is 0. The van der Waals surface area contributed by atoms with E-state index in [-0.39, 0.29) is 0 Å². The van der Waals surface area contributed by atoms with E-state index in [4.69, 9.17) is 5.73 Å². The first-order chi connectivity index (χ1) is 8.33. The molecule has 3 rings (SSSR count).